The maximum atomic E-state index is 12.3. The molecule has 0 radical (unpaired) electrons. The molecule has 0 aromatic heterocycles. The molecule has 2 rings (SSSR count). The van der Waals surface area contributed by atoms with Crippen LogP contribution in [0.15, 0.2) is 24.3 Å². The number of aryl methyl sites for hydroxylation is 1. The number of aliphatic carboxylic acids is 1. The Hall–Kier alpha value is -2.04. The highest BCUT2D eigenvalue weighted by molar-refractivity contribution is 5.82. The van der Waals surface area contributed by atoms with Gasteiger partial charge in [-0.3, -0.25) is 4.90 Å². The van der Waals surface area contributed by atoms with Crippen LogP contribution in [-0.2, 0) is 9.53 Å². The maximum absolute atomic E-state index is 12.3. The van der Waals surface area contributed by atoms with Gasteiger partial charge in [-0.15, -0.1) is 0 Å². The second-order valence-corrected chi connectivity index (χ2v) is 6.77. The van der Waals surface area contributed by atoms with E-state index >= 15 is 0 Å². The van der Waals surface area contributed by atoms with Crippen molar-refractivity contribution in [1.82, 2.24) is 4.90 Å². The Balaban J connectivity index is 2.25. The van der Waals surface area contributed by atoms with Gasteiger partial charge in [0.15, 0.2) is 0 Å². The van der Waals surface area contributed by atoms with E-state index in [-0.39, 0.29) is 5.92 Å². The minimum absolute atomic E-state index is 0.204. The molecular weight excluding hydrogens is 282 g/mol. The third kappa shape index (κ3) is 3.59. The van der Waals surface area contributed by atoms with E-state index in [4.69, 9.17) is 4.74 Å². The van der Waals surface area contributed by atoms with Crippen molar-refractivity contribution in [2.75, 3.05) is 6.54 Å². The third-order valence-corrected chi connectivity index (χ3v) is 3.75. The number of benzene rings is 1. The number of ether oxygens (including phenoxy) is 1. The molecule has 1 N–H and O–H groups in total. The smallest absolute Gasteiger partial charge is 0.411 e. The fourth-order valence-corrected chi connectivity index (χ4v) is 2.87. The highest BCUT2D eigenvalue weighted by Gasteiger charge is 2.44. The van der Waals surface area contributed by atoms with Crippen molar-refractivity contribution in [1.29, 1.82) is 0 Å². The average molecular weight is 305 g/mol. The van der Waals surface area contributed by atoms with E-state index < -0.39 is 23.7 Å². The van der Waals surface area contributed by atoms with Crippen LogP contribution in [0.4, 0.5) is 4.79 Å². The number of carbonyl (C=O) groups excluding carboxylic acids is 1. The van der Waals surface area contributed by atoms with E-state index in [9.17, 15) is 14.7 Å². The van der Waals surface area contributed by atoms with Crippen LogP contribution in [0.1, 0.15) is 44.2 Å². The number of amides is 1. The first-order valence-electron chi connectivity index (χ1n) is 7.48. The van der Waals surface area contributed by atoms with Crippen molar-refractivity contribution in [2.24, 2.45) is 0 Å². The number of carbonyl (C=O) groups is 2. The zero-order valence-electron chi connectivity index (χ0n) is 13.5. The lowest BCUT2D eigenvalue weighted by molar-refractivity contribution is -0.142. The van der Waals surface area contributed by atoms with Crippen LogP contribution in [0, 0.1) is 6.92 Å². The first-order chi connectivity index (χ1) is 10.2. The maximum Gasteiger partial charge on any atom is 0.411 e. The van der Waals surface area contributed by atoms with Crippen LogP contribution in [0.25, 0.3) is 0 Å². The van der Waals surface area contributed by atoms with Crippen molar-refractivity contribution < 1.29 is 19.4 Å². The summed E-state index contributed by atoms with van der Waals surface area (Å²) >= 11 is 0. The molecule has 2 atom stereocenters. The van der Waals surface area contributed by atoms with Crippen LogP contribution in [0.2, 0.25) is 0 Å². The zero-order valence-corrected chi connectivity index (χ0v) is 13.5. The van der Waals surface area contributed by atoms with E-state index in [1.807, 2.05) is 31.2 Å². The number of carboxylic acid groups (broad SMARTS) is 1. The van der Waals surface area contributed by atoms with Crippen LogP contribution in [0.5, 0.6) is 0 Å². The number of carboxylic acids is 1. The van der Waals surface area contributed by atoms with E-state index in [1.165, 1.54) is 4.90 Å². The van der Waals surface area contributed by atoms with Gasteiger partial charge in [-0.25, -0.2) is 9.59 Å². The fraction of sp³-hybridized carbons (Fsp3) is 0.529. The largest absolute Gasteiger partial charge is 0.480 e. The molecule has 1 heterocycles. The summed E-state index contributed by atoms with van der Waals surface area (Å²) in [4.78, 5) is 25.3. The summed E-state index contributed by atoms with van der Waals surface area (Å²) in [5.74, 6) is -1.19. The standard InChI is InChI=1S/C17H23NO4/c1-11-6-5-7-12(10-11)13-8-9-18(14(13)15(19)20)16(21)22-17(2,3)4/h5-7,10,13-14H,8-9H2,1-4H3,(H,19,20). The first kappa shape index (κ1) is 16.3. The Morgan fingerprint density at radius 2 is 2.00 bits per heavy atom. The predicted molar refractivity (Wildman–Crippen MR) is 82.9 cm³/mol. The van der Waals surface area contributed by atoms with Crippen molar-refractivity contribution in [3.8, 4) is 0 Å². The van der Waals surface area contributed by atoms with Gasteiger partial charge in [-0.05, 0) is 39.7 Å². The van der Waals surface area contributed by atoms with E-state index in [2.05, 4.69) is 0 Å². The molecule has 1 amide bonds. The average Bonchev–Trinajstić information content (AvgIpc) is 2.81. The molecule has 1 aliphatic rings. The normalized spacial score (nSPS) is 21.7. The molecule has 1 saturated heterocycles. The SMILES string of the molecule is Cc1cccc(C2CCN(C(=O)OC(C)(C)C)C2C(=O)O)c1. The van der Waals surface area contributed by atoms with Crippen molar-refractivity contribution >= 4 is 12.1 Å². The number of hydrogen-bond acceptors (Lipinski definition) is 3. The molecule has 1 fully saturated rings. The minimum atomic E-state index is -0.991. The van der Waals surface area contributed by atoms with Gasteiger partial charge in [-0.1, -0.05) is 29.8 Å². The number of likely N-dealkylation sites (tertiary alicyclic amines) is 1. The summed E-state index contributed by atoms with van der Waals surface area (Å²) in [5, 5.41) is 9.58. The summed E-state index contributed by atoms with van der Waals surface area (Å²) < 4.78 is 5.33. The molecule has 0 aliphatic carbocycles. The summed E-state index contributed by atoms with van der Waals surface area (Å²) in [6.07, 6.45) is 0.0645. The molecule has 1 aromatic rings. The molecule has 120 valence electrons. The Morgan fingerprint density at radius 3 is 2.55 bits per heavy atom. The minimum Gasteiger partial charge on any atom is -0.480 e. The lowest BCUT2D eigenvalue weighted by Crippen LogP contribution is -2.45. The highest BCUT2D eigenvalue weighted by Crippen LogP contribution is 2.35. The molecule has 1 aromatic carbocycles. The molecular formula is C17H23NO4. The lowest BCUT2D eigenvalue weighted by atomic mass is 9.91. The summed E-state index contributed by atoms with van der Waals surface area (Å²) in [7, 11) is 0. The van der Waals surface area contributed by atoms with E-state index in [1.54, 1.807) is 20.8 Å². The predicted octanol–water partition coefficient (Wildman–Crippen LogP) is 3.17. The molecule has 22 heavy (non-hydrogen) atoms. The first-order valence-corrected chi connectivity index (χ1v) is 7.48. The molecule has 5 nitrogen and oxygen atoms in total. The van der Waals surface area contributed by atoms with Gasteiger partial charge in [0.25, 0.3) is 0 Å². The van der Waals surface area contributed by atoms with Gasteiger partial charge >= 0.3 is 12.1 Å². The zero-order chi connectivity index (χ0) is 16.5. The molecule has 2 unspecified atom stereocenters. The van der Waals surface area contributed by atoms with Gasteiger partial charge in [0, 0.05) is 12.5 Å². The van der Waals surface area contributed by atoms with Crippen molar-refractivity contribution in [3.63, 3.8) is 0 Å². The van der Waals surface area contributed by atoms with Gasteiger partial charge in [-0.2, -0.15) is 0 Å². The lowest BCUT2D eigenvalue weighted by Gasteiger charge is -2.28. The Morgan fingerprint density at radius 1 is 1.32 bits per heavy atom. The second-order valence-electron chi connectivity index (χ2n) is 6.77. The summed E-state index contributed by atoms with van der Waals surface area (Å²) in [6, 6.07) is 6.92. The van der Waals surface area contributed by atoms with Crippen LogP contribution in [0.3, 0.4) is 0 Å². The van der Waals surface area contributed by atoms with Crippen LogP contribution < -0.4 is 0 Å². The van der Waals surface area contributed by atoms with Gasteiger partial charge < -0.3 is 9.84 Å². The molecule has 0 saturated carbocycles. The third-order valence-electron chi connectivity index (χ3n) is 3.75. The Bertz CT molecular complexity index is 576. The van der Waals surface area contributed by atoms with Gasteiger partial charge in [0.1, 0.15) is 11.6 Å². The highest BCUT2D eigenvalue weighted by atomic mass is 16.6. The Labute approximate surface area is 130 Å². The van der Waals surface area contributed by atoms with Crippen molar-refractivity contribution in [2.45, 2.75) is 51.7 Å². The number of hydrogen-bond donors (Lipinski definition) is 1. The molecule has 5 heteroatoms. The molecule has 1 aliphatic heterocycles. The Kier molecular flexibility index (Phi) is 4.44. The van der Waals surface area contributed by atoms with Crippen molar-refractivity contribution in [3.05, 3.63) is 35.4 Å². The van der Waals surface area contributed by atoms with E-state index in [0.29, 0.717) is 13.0 Å². The van der Waals surface area contributed by atoms with Gasteiger partial charge in [0.05, 0.1) is 0 Å². The summed E-state index contributed by atoms with van der Waals surface area (Å²) in [6.45, 7) is 7.68. The number of nitrogens with zero attached hydrogens (tertiary/aromatic N) is 1. The molecule has 0 spiro atoms. The van der Waals surface area contributed by atoms with Crippen LogP contribution >= 0.6 is 0 Å². The quantitative estimate of drug-likeness (QED) is 0.911. The number of rotatable bonds is 2. The fourth-order valence-electron chi connectivity index (χ4n) is 2.87. The summed E-state index contributed by atoms with van der Waals surface area (Å²) in [5.41, 5.74) is 1.40. The topological polar surface area (TPSA) is 66.8 Å². The van der Waals surface area contributed by atoms with Gasteiger partial charge in [0.2, 0.25) is 0 Å². The van der Waals surface area contributed by atoms with E-state index in [0.717, 1.165) is 11.1 Å². The van der Waals surface area contributed by atoms with Crippen LogP contribution in [-0.4, -0.2) is 40.3 Å². The monoisotopic (exact) mass is 305 g/mol. The molecule has 0 bridgehead atoms. The second kappa shape index (κ2) is 5.99.